The smallest absolute Gasteiger partial charge is 0.242 e. The average Bonchev–Trinajstić information content (AvgIpc) is 2.98. The molecule has 1 atom stereocenters. The highest BCUT2D eigenvalue weighted by molar-refractivity contribution is 8.15. The lowest BCUT2D eigenvalue weighted by Gasteiger charge is -2.10. The number of amides is 2. The van der Waals surface area contributed by atoms with Crippen LogP contribution in [0.4, 0.5) is 11.4 Å². The molecule has 1 N–H and O–H groups in total. The first-order chi connectivity index (χ1) is 14.4. The van der Waals surface area contributed by atoms with Gasteiger partial charge in [0.1, 0.15) is 11.0 Å². The predicted octanol–water partition coefficient (Wildman–Crippen LogP) is 5.03. The largest absolute Gasteiger partial charge is 0.494 e. The first kappa shape index (κ1) is 22.2. The number of aliphatic imine (C=N–C) groups is 1. The summed E-state index contributed by atoms with van der Waals surface area (Å²) >= 11 is 7.44. The van der Waals surface area contributed by atoms with Crippen LogP contribution in [0.15, 0.2) is 47.5 Å². The van der Waals surface area contributed by atoms with E-state index < -0.39 is 5.25 Å². The number of nitrogens with one attached hydrogen (secondary N) is 1. The van der Waals surface area contributed by atoms with Gasteiger partial charge < -0.3 is 10.1 Å². The Morgan fingerprint density at radius 1 is 1.27 bits per heavy atom. The van der Waals surface area contributed by atoms with Crippen molar-refractivity contribution < 1.29 is 14.3 Å². The number of ether oxygens (including phenoxy) is 1. The molecule has 1 fully saturated rings. The van der Waals surface area contributed by atoms with E-state index in [4.69, 9.17) is 16.3 Å². The summed E-state index contributed by atoms with van der Waals surface area (Å²) in [6.07, 6.45) is 0.998. The zero-order valence-corrected chi connectivity index (χ0v) is 18.7. The van der Waals surface area contributed by atoms with E-state index in [2.05, 4.69) is 10.3 Å². The van der Waals surface area contributed by atoms with Crippen LogP contribution in [0.3, 0.4) is 0 Å². The normalized spacial score (nSPS) is 17.5. The van der Waals surface area contributed by atoms with Crippen LogP contribution in [0.25, 0.3) is 0 Å². The lowest BCUT2D eigenvalue weighted by molar-refractivity contribution is -0.127. The first-order valence-corrected chi connectivity index (χ1v) is 10.9. The highest BCUT2D eigenvalue weighted by Gasteiger charge is 2.37. The van der Waals surface area contributed by atoms with E-state index in [9.17, 15) is 9.59 Å². The molecule has 0 radical (unpaired) electrons. The van der Waals surface area contributed by atoms with E-state index in [-0.39, 0.29) is 18.2 Å². The standard InChI is InChI=1S/C22H24ClN3O3S/c1-4-11-29-17-9-7-15(8-10-17)24-20(27)13-19-21(28)26(3)22(30-19)25-16-6-5-14(2)18(23)12-16/h5-10,12,19H,4,11,13H2,1-3H3,(H,24,27)/t19-/m1/s1. The number of thioether (sulfide) groups is 1. The fourth-order valence-corrected chi connectivity index (χ4v) is 4.12. The second-order valence-corrected chi connectivity index (χ2v) is 8.53. The van der Waals surface area contributed by atoms with Gasteiger partial charge in [0, 0.05) is 24.2 Å². The average molecular weight is 446 g/mol. The number of aryl methyl sites for hydroxylation is 1. The Morgan fingerprint density at radius 2 is 2.00 bits per heavy atom. The fraction of sp³-hybridized carbons (Fsp3) is 0.318. The van der Waals surface area contributed by atoms with Gasteiger partial charge in [-0.05, 0) is 55.3 Å². The highest BCUT2D eigenvalue weighted by Crippen LogP contribution is 2.32. The van der Waals surface area contributed by atoms with Gasteiger partial charge in [0.05, 0.1) is 12.3 Å². The molecule has 6 nitrogen and oxygen atoms in total. The third-order valence-corrected chi connectivity index (χ3v) is 6.14. The maximum Gasteiger partial charge on any atom is 0.242 e. The maximum atomic E-state index is 12.6. The molecule has 1 saturated heterocycles. The molecule has 2 aromatic carbocycles. The minimum absolute atomic E-state index is 0.0651. The van der Waals surface area contributed by atoms with E-state index >= 15 is 0 Å². The minimum Gasteiger partial charge on any atom is -0.494 e. The van der Waals surface area contributed by atoms with Crippen LogP contribution in [-0.4, -0.2) is 40.8 Å². The number of halogens is 1. The summed E-state index contributed by atoms with van der Waals surface area (Å²) in [5, 5.41) is 3.49. The van der Waals surface area contributed by atoms with Crippen molar-refractivity contribution >= 4 is 51.7 Å². The van der Waals surface area contributed by atoms with Gasteiger partial charge in [-0.25, -0.2) is 4.99 Å². The number of nitrogens with zero attached hydrogens (tertiary/aromatic N) is 2. The van der Waals surface area contributed by atoms with Gasteiger partial charge in [-0.3, -0.25) is 14.5 Å². The molecule has 3 rings (SSSR count). The third-order valence-electron chi connectivity index (χ3n) is 4.50. The molecule has 8 heteroatoms. The number of amidine groups is 1. The van der Waals surface area contributed by atoms with Gasteiger partial charge in [0.2, 0.25) is 11.8 Å². The zero-order valence-electron chi connectivity index (χ0n) is 17.1. The van der Waals surface area contributed by atoms with Gasteiger partial charge in [0.25, 0.3) is 0 Å². The number of hydrogen-bond acceptors (Lipinski definition) is 5. The van der Waals surface area contributed by atoms with E-state index in [1.807, 2.05) is 38.1 Å². The molecule has 0 unspecified atom stereocenters. The summed E-state index contributed by atoms with van der Waals surface area (Å²) in [5.74, 6) is 0.390. The lowest BCUT2D eigenvalue weighted by Crippen LogP contribution is -2.30. The summed E-state index contributed by atoms with van der Waals surface area (Å²) in [6, 6.07) is 12.7. The fourth-order valence-electron chi connectivity index (χ4n) is 2.79. The Bertz CT molecular complexity index is 963. The Kier molecular flexibility index (Phi) is 7.39. The van der Waals surface area contributed by atoms with Crippen molar-refractivity contribution in [3.05, 3.63) is 53.1 Å². The second-order valence-electron chi connectivity index (χ2n) is 6.96. The minimum atomic E-state index is -0.512. The predicted molar refractivity (Wildman–Crippen MR) is 123 cm³/mol. The van der Waals surface area contributed by atoms with Gasteiger partial charge in [-0.1, -0.05) is 36.4 Å². The molecule has 158 valence electrons. The Labute approximate surface area is 185 Å². The molecule has 30 heavy (non-hydrogen) atoms. The molecule has 0 spiro atoms. The van der Waals surface area contributed by atoms with E-state index in [1.165, 1.54) is 16.7 Å². The molecule has 0 aliphatic carbocycles. The zero-order chi connectivity index (χ0) is 21.7. The van der Waals surface area contributed by atoms with Crippen LogP contribution in [-0.2, 0) is 9.59 Å². The second kappa shape index (κ2) is 10.00. The summed E-state index contributed by atoms with van der Waals surface area (Å²) in [4.78, 5) is 31.0. The summed E-state index contributed by atoms with van der Waals surface area (Å²) in [7, 11) is 1.66. The molecule has 0 saturated carbocycles. The molecular formula is C22H24ClN3O3S. The van der Waals surface area contributed by atoms with Crippen molar-refractivity contribution in [1.82, 2.24) is 4.90 Å². The monoisotopic (exact) mass is 445 g/mol. The van der Waals surface area contributed by atoms with Crippen LogP contribution in [0.2, 0.25) is 5.02 Å². The van der Waals surface area contributed by atoms with Gasteiger partial charge in [0.15, 0.2) is 5.17 Å². The Balaban J connectivity index is 1.61. The quantitative estimate of drug-likeness (QED) is 0.649. The molecule has 1 aliphatic rings. The molecule has 2 amide bonds. The maximum absolute atomic E-state index is 12.6. The van der Waals surface area contributed by atoms with Crippen LogP contribution >= 0.6 is 23.4 Å². The molecule has 0 bridgehead atoms. The van der Waals surface area contributed by atoms with Crippen molar-refractivity contribution in [1.29, 1.82) is 0 Å². The number of hydrogen-bond donors (Lipinski definition) is 1. The highest BCUT2D eigenvalue weighted by atomic mass is 35.5. The third kappa shape index (κ3) is 5.55. The van der Waals surface area contributed by atoms with E-state index in [0.717, 1.165) is 17.7 Å². The van der Waals surface area contributed by atoms with Crippen molar-refractivity contribution in [2.24, 2.45) is 4.99 Å². The summed E-state index contributed by atoms with van der Waals surface area (Å²) in [5.41, 5.74) is 2.29. The van der Waals surface area contributed by atoms with Crippen LogP contribution < -0.4 is 10.1 Å². The topological polar surface area (TPSA) is 71.0 Å². The van der Waals surface area contributed by atoms with Crippen LogP contribution in [0, 0.1) is 6.92 Å². The van der Waals surface area contributed by atoms with Crippen molar-refractivity contribution in [3.63, 3.8) is 0 Å². The number of carbonyl (C=O) groups excluding carboxylic acids is 2. The lowest BCUT2D eigenvalue weighted by atomic mass is 10.2. The SMILES string of the molecule is CCCOc1ccc(NC(=O)C[C@H]2SC(=Nc3ccc(C)c(Cl)c3)N(C)C2=O)cc1. The van der Waals surface area contributed by atoms with Crippen molar-refractivity contribution in [2.45, 2.75) is 31.9 Å². The van der Waals surface area contributed by atoms with Gasteiger partial charge in [-0.2, -0.15) is 0 Å². The number of benzene rings is 2. The number of rotatable bonds is 7. The number of anilines is 1. The molecular weight excluding hydrogens is 422 g/mol. The van der Waals surface area contributed by atoms with Crippen LogP contribution in [0.5, 0.6) is 5.75 Å². The molecule has 1 aliphatic heterocycles. The Morgan fingerprint density at radius 3 is 2.67 bits per heavy atom. The van der Waals surface area contributed by atoms with Gasteiger partial charge >= 0.3 is 0 Å². The summed E-state index contributed by atoms with van der Waals surface area (Å²) < 4.78 is 5.54. The molecule has 1 heterocycles. The van der Waals surface area contributed by atoms with E-state index in [0.29, 0.717) is 28.2 Å². The Hall–Kier alpha value is -2.51. The molecule has 0 aromatic heterocycles. The van der Waals surface area contributed by atoms with Crippen molar-refractivity contribution in [3.8, 4) is 5.75 Å². The number of carbonyl (C=O) groups is 2. The van der Waals surface area contributed by atoms with E-state index in [1.54, 1.807) is 25.2 Å². The van der Waals surface area contributed by atoms with Crippen LogP contribution in [0.1, 0.15) is 25.3 Å². The van der Waals surface area contributed by atoms with Gasteiger partial charge in [-0.15, -0.1) is 0 Å². The van der Waals surface area contributed by atoms with Crippen molar-refractivity contribution in [2.75, 3.05) is 19.0 Å². The first-order valence-electron chi connectivity index (χ1n) is 9.69. The molecule has 2 aromatic rings. The summed E-state index contributed by atoms with van der Waals surface area (Å²) in [6.45, 7) is 4.61.